The van der Waals surface area contributed by atoms with Gasteiger partial charge in [0.1, 0.15) is 5.82 Å². The van der Waals surface area contributed by atoms with Crippen LogP contribution in [-0.2, 0) is 0 Å². The lowest BCUT2D eigenvalue weighted by Crippen LogP contribution is -2.14. The van der Waals surface area contributed by atoms with Crippen LogP contribution < -0.4 is 5.32 Å². The van der Waals surface area contributed by atoms with Crippen molar-refractivity contribution >= 4 is 27.4 Å². The predicted octanol–water partition coefficient (Wildman–Crippen LogP) is 4.19. The van der Waals surface area contributed by atoms with E-state index in [4.69, 9.17) is 0 Å². The van der Waals surface area contributed by atoms with Crippen molar-refractivity contribution in [2.24, 2.45) is 0 Å². The number of nitrogens with one attached hydrogen (secondary N) is 1. The number of Topliss-reactive ketones (excluding diaryl/α,β-unsaturated/α-hetero) is 1. The normalized spacial score (nSPS) is 10.3. The Labute approximate surface area is 119 Å². The van der Waals surface area contributed by atoms with Gasteiger partial charge in [-0.3, -0.25) is 4.79 Å². The molecule has 0 aliphatic heterocycles. The van der Waals surface area contributed by atoms with Gasteiger partial charge in [0.15, 0.2) is 5.78 Å². The number of halogens is 2. The topological polar surface area (TPSA) is 29.1 Å². The van der Waals surface area contributed by atoms with Crippen LogP contribution in [0, 0.1) is 12.7 Å². The first-order valence-electron chi connectivity index (χ1n) is 5.85. The molecule has 0 bridgehead atoms. The van der Waals surface area contributed by atoms with Gasteiger partial charge >= 0.3 is 0 Å². The molecule has 0 aromatic heterocycles. The number of ketones is 1. The highest BCUT2D eigenvalue weighted by Gasteiger charge is 2.07. The van der Waals surface area contributed by atoms with Crippen molar-refractivity contribution in [3.63, 3.8) is 0 Å². The van der Waals surface area contributed by atoms with Crippen LogP contribution in [-0.4, -0.2) is 12.3 Å². The second-order valence-electron chi connectivity index (χ2n) is 4.25. The molecule has 4 heteroatoms. The first kappa shape index (κ1) is 13.7. The van der Waals surface area contributed by atoms with Gasteiger partial charge in [-0.05, 0) is 55.0 Å². The summed E-state index contributed by atoms with van der Waals surface area (Å²) < 4.78 is 14.1. The molecule has 2 aromatic carbocycles. The van der Waals surface area contributed by atoms with Crippen molar-refractivity contribution < 1.29 is 9.18 Å². The molecule has 0 amide bonds. The van der Waals surface area contributed by atoms with Crippen molar-refractivity contribution in [1.29, 1.82) is 0 Å². The molecule has 0 saturated carbocycles. The number of hydrogen-bond donors (Lipinski definition) is 1. The monoisotopic (exact) mass is 321 g/mol. The fourth-order valence-corrected chi connectivity index (χ4v) is 1.93. The Morgan fingerprint density at radius 1 is 1.21 bits per heavy atom. The molecule has 2 nitrogen and oxygen atoms in total. The zero-order chi connectivity index (χ0) is 13.8. The molecule has 0 saturated heterocycles. The molecule has 0 radical (unpaired) electrons. The predicted molar refractivity (Wildman–Crippen MR) is 78.1 cm³/mol. The third kappa shape index (κ3) is 3.64. The molecule has 0 atom stereocenters. The lowest BCUT2D eigenvalue weighted by atomic mass is 10.1. The summed E-state index contributed by atoms with van der Waals surface area (Å²) >= 11 is 3.35. The highest BCUT2D eigenvalue weighted by Crippen LogP contribution is 2.14. The largest absolute Gasteiger partial charge is 0.378 e. The molecule has 19 heavy (non-hydrogen) atoms. The van der Waals surface area contributed by atoms with Crippen LogP contribution in [0.2, 0.25) is 0 Å². The van der Waals surface area contributed by atoms with E-state index in [9.17, 15) is 9.18 Å². The van der Waals surface area contributed by atoms with Gasteiger partial charge in [-0.2, -0.15) is 0 Å². The van der Waals surface area contributed by atoms with Gasteiger partial charge < -0.3 is 5.32 Å². The maximum Gasteiger partial charge on any atom is 0.181 e. The van der Waals surface area contributed by atoms with Crippen LogP contribution in [0.3, 0.4) is 0 Å². The number of aryl methyl sites for hydroxylation is 1. The molecular weight excluding hydrogens is 309 g/mol. The fourth-order valence-electron chi connectivity index (χ4n) is 1.67. The van der Waals surface area contributed by atoms with Crippen LogP contribution in [0.1, 0.15) is 15.9 Å². The fraction of sp³-hybridized carbons (Fsp3) is 0.133. The summed E-state index contributed by atoms with van der Waals surface area (Å²) in [6.07, 6.45) is 0. The summed E-state index contributed by atoms with van der Waals surface area (Å²) in [6, 6.07) is 12.0. The minimum Gasteiger partial charge on any atom is -0.378 e. The number of carbonyl (C=O) groups excluding carboxylic acids is 1. The van der Waals surface area contributed by atoms with Gasteiger partial charge in [0.25, 0.3) is 0 Å². The number of rotatable bonds is 4. The molecular formula is C15H13BrFNO. The smallest absolute Gasteiger partial charge is 0.181 e. The number of benzene rings is 2. The van der Waals surface area contributed by atoms with E-state index in [1.165, 1.54) is 12.1 Å². The van der Waals surface area contributed by atoms with Crippen LogP contribution in [0.4, 0.5) is 10.1 Å². The van der Waals surface area contributed by atoms with Crippen molar-refractivity contribution in [3.05, 3.63) is 63.9 Å². The standard InChI is InChI=1S/C15H13BrFNO/c1-10-8-11(2-7-14(10)17)15(19)9-18-13-5-3-12(16)4-6-13/h2-8,18H,9H2,1H3. The zero-order valence-corrected chi connectivity index (χ0v) is 12.0. The van der Waals surface area contributed by atoms with Crippen LogP contribution in [0.15, 0.2) is 46.9 Å². The Kier molecular flexibility index (Phi) is 4.32. The Hall–Kier alpha value is -1.68. The number of carbonyl (C=O) groups is 1. The highest BCUT2D eigenvalue weighted by atomic mass is 79.9. The lowest BCUT2D eigenvalue weighted by molar-refractivity contribution is 0.101. The zero-order valence-electron chi connectivity index (χ0n) is 10.4. The third-order valence-electron chi connectivity index (χ3n) is 2.78. The second-order valence-corrected chi connectivity index (χ2v) is 5.16. The van der Waals surface area contributed by atoms with Gasteiger partial charge in [0, 0.05) is 15.7 Å². The van der Waals surface area contributed by atoms with E-state index in [-0.39, 0.29) is 18.1 Å². The van der Waals surface area contributed by atoms with Gasteiger partial charge in [0.2, 0.25) is 0 Å². The van der Waals surface area contributed by atoms with Crippen LogP contribution in [0.5, 0.6) is 0 Å². The van der Waals surface area contributed by atoms with E-state index < -0.39 is 0 Å². The minimum atomic E-state index is -0.294. The summed E-state index contributed by atoms with van der Waals surface area (Å²) in [4.78, 5) is 12.0. The summed E-state index contributed by atoms with van der Waals surface area (Å²) in [5, 5.41) is 3.04. The SMILES string of the molecule is Cc1cc(C(=O)CNc2ccc(Br)cc2)ccc1F. The maximum absolute atomic E-state index is 13.1. The third-order valence-corrected chi connectivity index (χ3v) is 3.31. The van der Waals surface area contributed by atoms with E-state index in [2.05, 4.69) is 21.2 Å². The number of hydrogen-bond acceptors (Lipinski definition) is 2. The van der Waals surface area contributed by atoms with Crippen molar-refractivity contribution in [2.45, 2.75) is 6.92 Å². The van der Waals surface area contributed by atoms with E-state index >= 15 is 0 Å². The molecule has 0 aliphatic rings. The summed E-state index contributed by atoms with van der Waals surface area (Å²) in [5.41, 5.74) is 1.87. The molecule has 0 heterocycles. The van der Waals surface area contributed by atoms with E-state index in [1.807, 2.05) is 24.3 Å². The molecule has 0 fully saturated rings. The minimum absolute atomic E-state index is 0.0639. The highest BCUT2D eigenvalue weighted by molar-refractivity contribution is 9.10. The molecule has 0 aliphatic carbocycles. The molecule has 98 valence electrons. The van der Waals surface area contributed by atoms with E-state index in [1.54, 1.807) is 13.0 Å². The summed E-state index contributed by atoms with van der Waals surface area (Å²) in [7, 11) is 0. The second kappa shape index (κ2) is 5.97. The van der Waals surface area contributed by atoms with Gasteiger partial charge in [-0.25, -0.2) is 4.39 Å². The Balaban J connectivity index is 2.01. The van der Waals surface area contributed by atoms with Crippen LogP contribution in [0.25, 0.3) is 0 Å². The summed E-state index contributed by atoms with van der Waals surface area (Å²) in [6.45, 7) is 1.83. The first-order valence-corrected chi connectivity index (χ1v) is 6.64. The van der Waals surface area contributed by atoms with E-state index in [0.29, 0.717) is 11.1 Å². The van der Waals surface area contributed by atoms with Gasteiger partial charge in [-0.15, -0.1) is 0 Å². The van der Waals surface area contributed by atoms with E-state index in [0.717, 1.165) is 10.2 Å². The van der Waals surface area contributed by atoms with Crippen LogP contribution >= 0.6 is 15.9 Å². The van der Waals surface area contributed by atoms with Crippen molar-refractivity contribution in [2.75, 3.05) is 11.9 Å². The molecule has 0 unspecified atom stereocenters. The van der Waals surface area contributed by atoms with Crippen molar-refractivity contribution in [3.8, 4) is 0 Å². The average molecular weight is 322 g/mol. The first-order chi connectivity index (χ1) is 9.06. The molecule has 0 spiro atoms. The van der Waals surface area contributed by atoms with Gasteiger partial charge in [-0.1, -0.05) is 15.9 Å². The Morgan fingerprint density at radius 3 is 2.53 bits per heavy atom. The molecule has 1 N–H and O–H groups in total. The summed E-state index contributed by atoms with van der Waals surface area (Å²) in [5.74, 6) is -0.358. The molecule has 2 aromatic rings. The Morgan fingerprint density at radius 2 is 1.89 bits per heavy atom. The Bertz CT molecular complexity index is 596. The maximum atomic E-state index is 13.1. The van der Waals surface area contributed by atoms with Gasteiger partial charge in [0.05, 0.1) is 6.54 Å². The quantitative estimate of drug-likeness (QED) is 0.855. The lowest BCUT2D eigenvalue weighted by Gasteiger charge is -2.06. The number of anilines is 1. The average Bonchev–Trinajstić information content (AvgIpc) is 2.41. The molecule has 2 rings (SSSR count). The van der Waals surface area contributed by atoms with Crippen molar-refractivity contribution in [1.82, 2.24) is 0 Å².